The fourth-order valence-electron chi connectivity index (χ4n) is 2.23. The van der Waals surface area contributed by atoms with Gasteiger partial charge in [0, 0.05) is 19.7 Å². The van der Waals surface area contributed by atoms with Gasteiger partial charge in [-0.1, -0.05) is 12.1 Å². The molecule has 5 nitrogen and oxygen atoms in total. The van der Waals surface area contributed by atoms with E-state index >= 15 is 0 Å². The Morgan fingerprint density at radius 2 is 2.10 bits per heavy atom. The van der Waals surface area contributed by atoms with Crippen LogP contribution in [0.3, 0.4) is 0 Å². The molecule has 2 rings (SSSR count). The minimum absolute atomic E-state index is 0.0161. The van der Waals surface area contributed by atoms with E-state index in [1.165, 1.54) is 0 Å². The van der Waals surface area contributed by atoms with E-state index in [-0.39, 0.29) is 11.7 Å². The zero-order chi connectivity index (χ0) is 14.5. The number of hydrogen-bond acceptors (Lipinski definition) is 4. The monoisotopic (exact) mass is 278 g/mol. The zero-order valence-corrected chi connectivity index (χ0v) is 11.8. The Labute approximate surface area is 119 Å². The Bertz CT molecular complexity index is 443. The standard InChI is InChI=1S/C15H22N2O3/c1-20-9-8-17(12-4-5-12)15(19)14(16)10-11-2-6-13(18)7-3-11/h2-3,6-7,12,14,18H,4-5,8-10,16H2,1H3. The van der Waals surface area contributed by atoms with E-state index in [2.05, 4.69) is 0 Å². The molecule has 110 valence electrons. The van der Waals surface area contributed by atoms with Crippen LogP contribution in [0.4, 0.5) is 0 Å². The third-order valence-electron chi connectivity index (χ3n) is 3.52. The van der Waals surface area contributed by atoms with Crippen molar-refractivity contribution in [3.8, 4) is 5.75 Å². The Morgan fingerprint density at radius 3 is 2.65 bits per heavy atom. The van der Waals surface area contributed by atoms with Gasteiger partial charge in [0.15, 0.2) is 0 Å². The summed E-state index contributed by atoms with van der Waals surface area (Å²) in [4.78, 5) is 14.2. The molecular formula is C15H22N2O3. The average Bonchev–Trinajstić information content (AvgIpc) is 3.26. The molecule has 20 heavy (non-hydrogen) atoms. The normalized spacial score (nSPS) is 15.9. The molecule has 1 aliphatic rings. The molecule has 0 aromatic heterocycles. The van der Waals surface area contributed by atoms with E-state index < -0.39 is 6.04 Å². The van der Waals surface area contributed by atoms with Gasteiger partial charge in [-0.25, -0.2) is 0 Å². The minimum Gasteiger partial charge on any atom is -0.508 e. The number of amides is 1. The summed E-state index contributed by atoms with van der Waals surface area (Å²) in [6, 6.07) is 6.59. The lowest BCUT2D eigenvalue weighted by molar-refractivity contribution is -0.133. The van der Waals surface area contributed by atoms with Crippen LogP contribution in [0.5, 0.6) is 5.75 Å². The Hall–Kier alpha value is -1.59. The van der Waals surface area contributed by atoms with E-state index in [1.807, 2.05) is 4.90 Å². The van der Waals surface area contributed by atoms with Crippen LogP contribution in [0, 0.1) is 0 Å². The lowest BCUT2D eigenvalue weighted by Crippen LogP contribution is -2.47. The van der Waals surface area contributed by atoms with Gasteiger partial charge in [-0.05, 0) is 37.0 Å². The summed E-state index contributed by atoms with van der Waals surface area (Å²) in [5.41, 5.74) is 6.98. The molecule has 1 saturated carbocycles. The Kier molecular flexibility index (Phi) is 4.98. The molecule has 1 amide bonds. The number of phenolic OH excluding ortho intramolecular Hbond substituents is 1. The first-order valence-corrected chi connectivity index (χ1v) is 6.94. The predicted molar refractivity (Wildman–Crippen MR) is 76.4 cm³/mol. The van der Waals surface area contributed by atoms with Gasteiger partial charge < -0.3 is 20.5 Å². The molecule has 1 fully saturated rings. The number of nitrogens with two attached hydrogens (primary N) is 1. The van der Waals surface area contributed by atoms with Gasteiger partial charge in [-0.2, -0.15) is 0 Å². The van der Waals surface area contributed by atoms with Crippen molar-refractivity contribution in [2.24, 2.45) is 5.73 Å². The van der Waals surface area contributed by atoms with Crippen molar-refractivity contribution in [3.63, 3.8) is 0 Å². The lowest BCUT2D eigenvalue weighted by Gasteiger charge is -2.25. The predicted octanol–water partition coefficient (Wildman–Crippen LogP) is 0.899. The molecule has 0 aliphatic heterocycles. The van der Waals surface area contributed by atoms with E-state index in [9.17, 15) is 9.90 Å². The van der Waals surface area contributed by atoms with Crippen molar-refractivity contribution < 1.29 is 14.6 Å². The molecule has 1 aliphatic carbocycles. The molecule has 5 heteroatoms. The highest BCUT2D eigenvalue weighted by Crippen LogP contribution is 2.27. The SMILES string of the molecule is COCCN(C(=O)C(N)Cc1ccc(O)cc1)C1CC1. The number of aromatic hydroxyl groups is 1. The first-order chi connectivity index (χ1) is 9.61. The molecule has 1 aromatic rings. The topological polar surface area (TPSA) is 75.8 Å². The van der Waals surface area contributed by atoms with Crippen LogP contribution in [0.1, 0.15) is 18.4 Å². The highest BCUT2D eigenvalue weighted by Gasteiger charge is 2.34. The number of hydrogen-bond donors (Lipinski definition) is 2. The van der Waals surface area contributed by atoms with Crippen molar-refractivity contribution in [2.75, 3.05) is 20.3 Å². The number of methoxy groups -OCH3 is 1. The summed E-state index contributed by atoms with van der Waals surface area (Å²) in [7, 11) is 1.63. The van der Waals surface area contributed by atoms with Crippen LogP contribution in [0.15, 0.2) is 24.3 Å². The fraction of sp³-hybridized carbons (Fsp3) is 0.533. The molecule has 0 heterocycles. The van der Waals surface area contributed by atoms with Gasteiger partial charge in [-0.15, -0.1) is 0 Å². The molecule has 0 saturated heterocycles. The highest BCUT2D eigenvalue weighted by molar-refractivity contribution is 5.82. The van der Waals surface area contributed by atoms with E-state index in [4.69, 9.17) is 10.5 Å². The van der Waals surface area contributed by atoms with Gasteiger partial charge in [0.1, 0.15) is 5.75 Å². The maximum absolute atomic E-state index is 12.4. The van der Waals surface area contributed by atoms with Crippen molar-refractivity contribution in [1.29, 1.82) is 0 Å². The van der Waals surface area contributed by atoms with Crippen LogP contribution in [-0.4, -0.2) is 48.3 Å². The largest absolute Gasteiger partial charge is 0.508 e. The molecule has 0 bridgehead atoms. The molecule has 3 N–H and O–H groups in total. The van der Waals surface area contributed by atoms with Crippen LogP contribution in [0.25, 0.3) is 0 Å². The molecule has 1 unspecified atom stereocenters. The third kappa shape index (κ3) is 3.95. The van der Waals surface area contributed by atoms with Gasteiger partial charge in [-0.3, -0.25) is 4.79 Å². The smallest absolute Gasteiger partial charge is 0.240 e. The number of phenols is 1. The number of carbonyl (C=O) groups excluding carboxylic acids is 1. The summed E-state index contributed by atoms with van der Waals surface area (Å²) in [5.74, 6) is 0.200. The second-order valence-corrected chi connectivity index (χ2v) is 5.23. The first-order valence-electron chi connectivity index (χ1n) is 6.94. The fourth-order valence-corrected chi connectivity index (χ4v) is 2.23. The lowest BCUT2D eigenvalue weighted by atomic mass is 10.1. The van der Waals surface area contributed by atoms with Crippen molar-refractivity contribution >= 4 is 5.91 Å². The molecular weight excluding hydrogens is 256 g/mol. The van der Waals surface area contributed by atoms with E-state index in [0.717, 1.165) is 18.4 Å². The summed E-state index contributed by atoms with van der Waals surface area (Å²) in [5, 5.41) is 9.25. The minimum atomic E-state index is -0.544. The van der Waals surface area contributed by atoms with Crippen LogP contribution < -0.4 is 5.73 Å². The quantitative estimate of drug-likeness (QED) is 0.777. The number of benzene rings is 1. The van der Waals surface area contributed by atoms with Crippen molar-refractivity contribution in [1.82, 2.24) is 4.90 Å². The van der Waals surface area contributed by atoms with Crippen molar-refractivity contribution in [2.45, 2.75) is 31.3 Å². The summed E-state index contributed by atoms with van der Waals surface area (Å²) in [6.45, 7) is 1.14. The Balaban J connectivity index is 1.93. The highest BCUT2D eigenvalue weighted by atomic mass is 16.5. The van der Waals surface area contributed by atoms with Crippen LogP contribution in [-0.2, 0) is 16.0 Å². The number of nitrogens with zero attached hydrogens (tertiary/aromatic N) is 1. The van der Waals surface area contributed by atoms with Gasteiger partial charge in [0.05, 0.1) is 12.6 Å². The number of rotatable bonds is 7. The number of carbonyl (C=O) groups is 1. The first kappa shape index (κ1) is 14.8. The van der Waals surface area contributed by atoms with E-state index in [0.29, 0.717) is 25.6 Å². The molecule has 1 aromatic carbocycles. The second-order valence-electron chi connectivity index (χ2n) is 5.23. The van der Waals surface area contributed by atoms with Crippen LogP contribution in [0.2, 0.25) is 0 Å². The summed E-state index contributed by atoms with van der Waals surface area (Å²) < 4.78 is 5.05. The zero-order valence-electron chi connectivity index (χ0n) is 11.8. The van der Waals surface area contributed by atoms with Gasteiger partial charge in [0.25, 0.3) is 0 Å². The molecule has 0 radical (unpaired) electrons. The molecule has 1 atom stereocenters. The number of ether oxygens (including phenoxy) is 1. The van der Waals surface area contributed by atoms with Gasteiger partial charge >= 0.3 is 0 Å². The Morgan fingerprint density at radius 1 is 1.45 bits per heavy atom. The maximum atomic E-state index is 12.4. The van der Waals surface area contributed by atoms with E-state index in [1.54, 1.807) is 31.4 Å². The molecule has 0 spiro atoms. The maximum Gasteiger partial charge on any atom is 0.240 e. The van der Waals surface area contributed by atoms with Crippen LogP contribution >= 0.6 is 0 Å². The van der Waals surface area contributed by atoms with Gasteiger partial charge in [0.2, 0.25) is 5.91 Å². The third-order valence-corrected chi connectivity index (χ3v) is 3.52. The average molecular weight is 278 g/mol. The summed E-state index contributed by atoms with van der Waals surface area (Å²) in [6.07, 6.45) is 2.60. The second kappa shape index (κ2) is 6.72. The van der Waals surface area contributed by atoms with Crippen molar-refractivity contribution in [3.05, 3.63) is 29.8 Å². The summed E-state index contributed by atoms with van der Waals surface area (Å²) >= 11 is 0.